The van der Waals surface area contributed by atoms with Gasteiger partial charge < -0.3 is 9.84 Å². The predicted octanol–water partition coefficient (Wildman–Crippen LogP) is 5.27. The first kappa shape index (κ1) is 16.4. The zero-order valence-corrected chi connectivity index (χ0v) is 14.0. The van der Waals surface area contributed by atoms with Gasteiger partial charge in [0.2, 0.25) is 0 Å². The summed E-state index contributed by atoms with van der Waals surface area (Å²) >= 11 is 0. The quantitative estimate of drug-likeness (QED) is 0.507. The Morgan fingerprint density at radius 2 is 1.73 bits per heavy atom. The van der Waals surface area contributed by atoms with Crippen LogP contribution in [0.4, 0.5) is 18.9 Å². The second-order valence-electron chi connectivity index (χ2n) is 6.10. The Labute approximate surface area is 146 Å². The normalized spacial score (nSPS) is 12.7. The average Bonchev–Trinajstić information content (AvgIpc) is 3.03. The Morgan fingerprint density at radius 3 is 2.46 bits per heavy atom. The minimum absolute atomic E-state index is 0.0334. The van der Waals surface area contributed by atoms with Crippen LogP contribution in [0.1, 0.15) is 24.2 Å². The summed E-state index contributed by atoms with van der Waals surface area (Å²) in [4.78, 5) is 3.89. The molecule has 2 aromatic carbocycles. The van der Waals surface area contributed by atoms with Gasteiger partial charge in [-0.2, -0.15) is 0 Å². The van der Waals surface area contributed by atoms with Crippen LogP contribution in [-0.4, -0.2) is 10.1 Å². The Kier molecular flexibility index (Phi) is 3.79. The van der Waals surface area contributed by atoms with Gasteiger partial charge in [0.25, 0.3) is 5.71 Å². The van der Waals surface area contributed by atoms with E-state index in [0.29, 0.717) is 11.1 Å². The van der Waals surface area contributed by atoms with Gasteiger partial charge in [0.05, 0.1) is 11.1 Å². The molecular formula is C19H14F3N3O. The maximum atomic E-state index is 15.0. The number of benzene rings is 2. The summed E-state index contributed by atoms with van der Waals surface area (Å²) in [5, 5.41) is 6.76. The minimum Gasteiger partial charge on any atom is -0.374 e. The molecular weight excluding hydrogens is 343 g/mol. The maximum absolute atomic E-state index is 15.0. The smallest absolute Gasteiger partial charge is 0.258 e. The Hall–Kier alpha value is -3.09. The summed E-state index contributed by atoms with van der Waals surface area (Å²) in [6.07, 6.45) is 0. The van der Waals surface area contributed by atoms with Gasteiger partial charge in [-0.1, -0.05) is 35.5 Å². The van der Waals surface area contributed by atoms with Crippen molar-refractivity contribution >= 4 is 27.7 Å². The summed E-state index contributed by atoms with van der Waals surface area (Å²) in [5.74, 6) is -3.46. The molecule has 2 heterocycles. The zero-order valence-electron chi connectivity index (χ0n) is 14.0. The molecule has 0 saturated carbocycles. The van der Waals surface area contributed by atoms with Crippen molar-refractivity contribution in [2.45, 2.75) is 19.9 Å². The van der Waals surface area contributed by atoms with Crippen LogP contribution >= 0.6 is 0 Å². The van der Waals surface area contributed by atoms with Crippen molar-refractivity contribution in [1.29, 1.82) is 0 Å². The van der Waals surface area contributed by atoms with Gasteiger partial charge >= 0.3 is 0 Å². The lowest BCUT2D eigenvalue weighted by molar-refractivity contribution is 0.443. The fraction of sp³-hybridized carbons (Fsp3) is 0.158. The van der Waals surface area contributed by atoms with Crippen LogP contribution in [0.2, 0.25) is 0 Å². The van der Waals surface area contributed by atoms with E-state index < -0.39 is 34.7 Å². The monoisotopic (exact) mass is 357 g/mol. The molecule has 1 N–H and O–H groups in total. The third-order valence-corrected chi connectivity index (χ3v) is 4.38. The third-order valence-electron chi connectivity index (χ3n) is 4.38. The SMILES string of the molecule is Cc1noc2nc3c(F)c(F)c(N[C@@H](C)c4ccccc4)c(F)c3cc12. The van der Waals surface area contributed by atoms with E-state index in [4.69, 9.17) is 4.52 Å². The topological polar surface area (TPSA) is 51.0 Å². The van der Waals surface area contributed by atoms with Crippen LogP contribution in [0.15, 0.2) is 40.9 Å². The van der Waals surface area contributed by atoms with Gasteiger partial charge in [-0.05, 0) is 25.5 Å². The molecule has 0 aliphatic heterocycles. The Morgan fingerprint density at radius 1 is 1.00 bits per heavy atom. The summed E-state index contributed by atoms with van der Waals surface area (Å²) in [7, 11) is 0. The Bertz CT molecular complexity index is 1130. The summed E-state index contributed by atoms with van der Waals surface area (Å²) in [5.41, 5.74) is 0.384. The highest BCUT2D eigenvalue weighted by molar-refractivity contribution is 5.94. The highest BCUT2D eigenvalue weighted by Gasteiger charge is 2.24. The summed E-state index contributed by atoms with van der Waals surface area (Å²) < 4.78 is 49.0. The number of anilines is 1. The van der Waals surface area contributed by atoms with Gasteiger partial charge in [-0.25, -0.2) is 18.2 Å². The van der Waals surface area contributed by atoms with Gasteiger partial charge in [0, 0.05) is 11.4 Å². The molecule has 0 amide bonds. The molecule has 0 radical (unpaired) electrons. The van der Waals surface area contributed by atoms with E-state index in [-0.39, 0.29) is 11.1 Å². The number of aryl methyl sites for hydroxylation is 1. The second kappa shape index (κ2) is 6.01. The van der Waals surface area contributed by atoms with Gasteiger partial charge in [-0.15, -0.1) is 0 Å². The molecule has 0 aliphatic carbocycles. The highest BCUT2D eigenvalue weighted by Crippen LogP contribution is 2.34. The minimum atomic E-state index is -1.32. The van der Waals surface area contributed by atoms with Crippen molar-refractivity contribution in [2.24, 2.45) is 0 Å². The molecule has 0 bridgehead atoms. The number of aromatic nitrogens is 2. The number of rotatable bonds is 3. The largest absolute Gasteiger partial charge is 0.374 e. The molecule has 1 atom stereocenters. The first-order valence-corrected chi connectivity index (χ1v) is 8.02. The van der Waals surface area contributed by atoms with Gasteiger partial charge in [0.1, 0.15) is 11.2 Å². The van der Waals surface area contributed by atoms with E-state index >= 15 is 0 Å². The summed E-state index contributed by atoms with van der Waals surface area (Å²) in [6.45, 7) is 3.40. The standard InChI is InChI=1S/C19H14F3N3O/c1-9(11-6-4-3-5-7-11)23-18-14(20)13-8-12-10(2)25-26-19(12)24-17(13)15(21)16(18)22/h3-9,23H,1-2H3/t9-/m0/s1. The van der Waals surface area contributed by atoms with Crippen LogP contribution in [0.25, 0.3) is 22.0 Å². The average molecular weight is 357 g/mol. The van der Waals surface area contributed by atoms with Crippen molar-refractivity contribution in [3.8, 4) is 0 Å². The molecule has 0 unspecified atom stereocenters. The number of pyridine rings is 1. The molecule has 0 aliphatic rings. The van der Waals surface area contributed by atoms with Crippen LogP contribution in [0, 0.1) is 24.4 Å². The molecule has 4 aromatic rings. The van der Waals surface area contributed by atoms with E-state index in [1.54, 1.807) is 13.8 Å². The molecule has 4 rings (SSSR count). The van der Waals surface area contributed by atoms with Crippen molar-refractivity contribution in [2.75, 3.05) is 5.32 Å². The summed E-state index contributed by atoms with van der Waals surface area (Å²) in [6, 6.07) is 10.1. The first-order chi connectivity index (χ1) is 12.5. The van der Waals surface area contributed by atoms with Crippen molar-refractivity contribution in [3.05, 3.63) is 65.1 Å². The molecule has 26 heavy (non-hydrogen) atoms. The van der Waals surface area contributed by atoms with Crippen molar-refractivity contribution < 1.29 is 17.7 Å². The molecule has 4 nitrogen and oxygen atoms in total. The lowest BCUT2D eigenvalue weighted by atomic mass is 10.1. The lowest BCUT2D eigenvalue weighted by Gasteiger charge is -2.18. The highest BCUT2D eigenvalue weighted by atomic mass is 19.2. The number of hydrogen-bond donors (Lipinski definition) is 1. The van der Waals surface area contributed by atoms with Crippen LogP contribution in [-0.2, 0) is 0 Å². The number of nitrogens with zero attached hydrogens (tertiary/aromatic N) is 2. The Balaban J connectivity index is 1.89. The second-order valence-corrected chi connectivity index (χ2v) is 6.10. The van der Waals surface area contributed by atoms with E-state index in [1.807, 2.05) is 30.3 Å². The van der Waals surface area contributed by atoms with Crippen molar-refractivity contribution in [1.82, 2.24) is 10.1 Å². The predicted molar refractivity (Wildman–Crippen MR) is 92.4 cm³/mol. The number of hydrogen-bond acceptors (Lipinski definition) is 4. The number of fused-ring (bicyclic) bond motifs is 2. The first-order valence-electron chi connectivity index (χ1n) is 8.02. The number of halogens is 3. The van der Waals surface area contributed by atoms with Gasteiger partial charge in [0.15, 0.2) is 17.5 Å². The maximum Gasteiger partial charge on any atom is 0.258 e. The fourth-order valence-electron chi connectivity index (χ4n) is 2.93. The third kappa shape index (κ3) is 2.47. The van der Waals surface area contributed by atoms with Crippen LogP contribution < -0.4 is 5.32 Å². The van der Waals surface area contributed by atoms with Crippen molar-refractivity contribution in [3.63, 3.8) is 0 Å². The molecule has 7 heteroatoms. The van der Waals surface area contributed by atoms with E-state index in [1.165, 1.54) is 6.07 Å². The van der Waals surface area contributed by atoms with E-state index in [0.717, 1.165) is 5.56 Å². The molecule has 132 valence electrons. The number of nitrogens with one attached hydrogen (secondary N) is 1. The van der Waals surface area contributed by atoms with Crippen LogP contribution in [0.3, 0.4) is 0 Å². The van der Waals surface area contributed by atoms with Gasteiger partial charge in [-0.3, -0.25) is 0 Å². The molecule has 0 fully saturated rings. The zero-order chi connectivity index (χ0) is 18.4. The molecule has 2 aromatic heterocycles. The molecule has 0 saturated heterocycles. The lowest BCUT2D eigenvalue weighted by Crippen LogP contribution is -2.11. The fourth-order valence-corrected chi connectivity index (χ4v) is 2.93. The molecule has 0 spiro atoms. The van der Waals surface area contributed by atoms with E-state index in [9.17, 15) is 13.2 Å². The van der Waals surface area contributed by atoms with Crippen LogP contribution in [0.5, 0.6) is 0 Å². The van der Waals surface area contributed by atoms with E-state index in [2.05, 4.69) is 15.5 Å².